The summed E-state index contributed by atoms with van der Waals surface area (Å²) in [7, 11) is 0. The maximum atomic E-state index is 4.16. The molecule has 2 atom stereocenters. The molecule has 1 aromatic rings. The molecule has 0 amide bonds. The van der Waals surface area contributed by atoms with E-state index in [9.17, 15) is 0 Å². The van der Waals surface area contributed by atoms with E-state index >= 15 is 0 Å². The highest BCUT2D eigenvalue weighted by atomic mass is 15.0. The van der Waals surface area contributed by atoms with E-state index < -0.39 is 0 Å². The lowest BCUT2D eigenvalue weighted by Crippen LogP contribution is -2.34. The number of allylic oxidation sites excluding steroid dienone is 1. The predicted molar refractivity (Wildman–Crippen MR) is 103 cm³/mol. The number of hydrogen-bond donors (Lipinski definition) is 2. The van der Waals surface area contributed by atoms with Gasteiger partial charge < -0.3 is 10.6 Å². The Hall–Kier alpha value is -1.54. The molecule has 0 aliphatic rings. The number of hydrogen-bond acceptors (Lipinski definition) is 2. The van der Waals surface area contributed by atoms with Crippen molar-refractivity contribution in [1.29, 1.82) is 0 Å². The van der Waals surface area contributed by atoms with E-state index in [0.717, 1.165) is 31.6 Å². The van der Waals surface area contributed by atoms with Crippen LogP contribution < -0.4 is 10.6 Å². The monoisotopic (exact) mass is 314 g/mol. The third kappa shape index (κ3) is 8.61. The van der Waals surface area contributed by atoms with Crippen LogP contribution in [0.3, 0.4) is 0 Å². The largest absolute Gasteiger partial charge is 0.387 e. The van der Waals surface area contributed by atoms with Crippen molar-refractivity contribution in [1.82, 2.24) is 10.6 Å². The summed E-state index contributed by atoms with van der Waals surface area (Å²) in [5, 5.41) is 7.00. The molecule has 0 aliphatic heterocycles. The van der Waals surface area contributed by atoms with Crippen molar-refractivity contribution in [2.45, 2.75) is 46.1 Å². The normalized spacial score (nSPS) is 13.6. The smallest absolute Gasteiger partial charge is 0.0269 e. The van der Waals surface area contributed by atoms with Crippen molar-refractivity contribution >= 4 is 0 Å². The van der Waals surface area contributed by atoms with Gasteiger partial charge in [-0.2, -0.15) is 0 Å². The van der Waals surface area contributed by atoms with Crippen LogP contribution in [-0.4, -0.2) is 19.1 Å². The first kappa shape index (κ1) is 19.5. The Bertz CT molecular complexity index is 450. The van der Waals surface area contributed by atoms with E-state index in [0.29, 0.717) is 17.9 Å². The average molecular weight is 315 g/mol. The van der Waals surface area contributed by atoms with Gasteiger partial charge >= 0.3 is 0 Å². The van der Waals surface area contributed by atoms with E-state index in [4.69, 9.17) is 0 Å². The zero-order valence-electron chi connectivity index (χ0n) is 15.1. The minimum absolute atomic E-state index is 0.360. The van der Waals surface area contributed by atoms with Gasteiger partial charge in [-0.25, -0.2) is 0 Å². The maximum absolute atomic E-state index is 4.16. The molecule has 128 valence electrons. The third-order valence-corrected chi connectivity index (χ3v) is 4.17. The molecule has 0 saturated heterocycles. The molecule has 0 saturated carbocycles. The third-order valence-electron chi connectivity index (χ3n) is 4.17. The fraction of sp³-hybridized carbons (Fsp3) is 0.524. The lowest BCUT2D eigenvalue weighted by Gasteiger charge is -2.20. The second kappa shape index (κ2) is 11.1. The van der Waals surface area contributed by atoms with E-state index in [1.54, 1.807) is 0 Å². The Kier molecular flexibility index (Phi) is 9.39. The van der Waals surface area contributed by atoms with Crippen molar-refractivity contribution < 1.29 is 0 Å². The van der Waals surface area contributed by atoms with Gasteiger partial charge in [0.05, 0.1) is 0 Å². The summed E-state index contributed by atoms with van der Waals surface area (Å²) in [5.74, 6) is 1.24. The van der Waals surface area contributed by atoms with Gasteiger partial charge in [0.15, 0.2) is 0 Å². The Morgan fingerprint density at radius 2 is 1.83 bits per heavy atom. The molecule has 0 fully saturated rings. The van der Waals surface area contributed by atoms with E-state index in [1.165, 1.54) is 12.0 Å². The zero-order valence-corrected chi connectivity index (χ0v) is 15.1. The summed E-state index contributed by atoms with van der Waals surface area (Å²) in [5.41, 5.74) is 2.54. The van der Waals surface area contributed by atoms with Crippen LogP contribution in [0, 0.1) is 11.8 Å². The summed E-state index contributed by atoms with van der Waals surface area (Å²) in [6, 6.07) is 11.0. The van der Waals surface area contributed by atoms with Gasteiger partial charge in [0.25, 0.3) is 0 Å². The molecule has 23 heavy (non-hydrogen) atoms. The fourth-order valence-electron chi connectivity index (χ4n) is 2.77. The lowest BCUT2D eigenvalue weighted by molar-refractivity contribution is 0.460. The second-order valence-electron chi connectivity index (χ2n) is 6.80. The fourth-order valence-corrected chi connectivity index (χ4v) is 2.77. The number of rotatable bonds is 12. The number of aryl methyl sites for hydroxylation is 1. The maximum Gasteiger partial charge on any atom is 0.0269 e. The first-order valence-corrected chi connectivity index (χ1v) is 8.85. The van der Waals surface area contributed by atoms with Crippen molar-refractivity contribution in [3.05, 3.63) is 60.8 Å². The minimum atomic E-state index is 0.360. The second-order valence-corrected chi connectivity index (χ2v) is 6.80. The van der Waals surface area contributed by atoms with Crippen molar-refractivity contribution in [2.75, 3.05) is 13.1 Å². The highest BCUT2D eigenvalue weighted by molar-refractivity contribution is 5.15. The molecule has 0 aliphatic carbocycles. The minimum Gasteiger partial charge on any atom is -0.387 e. The molecule has 2 N–H and O–H groups in total. The first-order chi connectivity index (χ1) is 11.0. The number of nitrogens with one attached hydrogen (secondary N) is 2. The highest BCUT2D eigenvalue weighted by Gasteiger charge is 2.09. The molecule has 1 aromatic carbocycles. The summed E-state index contributed by atoms with van der Waals surface area (Å²) >= 11 is 0. The lowest BCUT2D eigenvalue weighted by atomic mass is 9.96. The molecular weight excluding hydrogens is 280 g/mol. The molecule has 0 aromatic heterocycles. The molecule has 0 bridgehead atoms. The van der Waals surface area contributed by atoms with E-state index in [1.807, 2.05) is 6.08 Å². The van der Waals surface area contributed by atoms with Gasteiger partial charge in [-0.15, -0.1) is 6.58 Å². The Labute approximate surface area is 143 Å². The summed E-state index contributed by atoms with van der Waals surface area (Å²) in [6.07, 6.45) is 5.36. The van der Waals surface area contributed by atoms with Crippen molar-refractivity contribution in [3.8, 4) is 0 Å². The van der Waals surface area contributed by atoms with E-state index in [-0.39, 0.29) is 0 Å². The number of benzene rings is 1. The summed E-state index contributed by atoms with van der Waals surface area (Å²) in [6.45, 7) is 16.7. The predicted octanol–water partition coefficient (Wildman–Crippen LogP) is 4.55. The van der Waals surface area contributed by atoms with Crippen LogP contribution in [0.25, 0.3) is 0 Å². The van der Waals surface area contributed by atoms with Crippen LogP contribution in [0.1, 0.15) is 39.2 Å². The van der Waals surface area contributed by atoms with E-state index in [2.05, 4.69) is 74.9 Å². The molecule has 1 rings (SSSR count). The molecular formula is C21H34N2. The van der Waals surface area contributed by atoms with Crippen LogP contribution in [-0.2, 0) is 6.42 Å². The Balaban J connectivity index is 2.19. The standard InChI is InChI=1S/C21H34N2/c1-6-21(13-12-20-10-8-7-9-11-20)23-15-14-22-19(5)18(4)16-17(2)3/h6-11,17-18,21-23H,1,5,12-16H2,2-4H3. The van der Waals surface area contributed by atoms with Crippen LogP contribution >= 0.6 is 0 Å². The first-order valence-electron chi connectivity index (χ1n) is 8.85. The van der Waals surface area contributed by atoms with Gasteiger partial charge in [-0.1, -0.05) is 63.8 Å². The SMILES string of the molecule is C=CC(CCc1ccccc1)NCCNC(=C)C(C)CC(C)C. The molecule has 2 heteroatoms. The van der Waals surface area contributed by atoms with Crippen molar-refractivity contribution in [3.63, 3.8) is 0 Å². The van der Waals surface area contributed by atoms with Crippen LogP contribution in [0.15, 0.2) is 55.3 Å². The Morgan fingerprint density at radius 3 is 2.43 bits per heavy atom. The van der Waals surface area contributed by atoms with Gasteiger partial charge in [0.1, 0.15) is 0 Å². The summed E-state index contributed by atoms with van der Waals surface area (Å²) in [4.78, 5) is 0. The molecule has 2 nitrogen and oxygen atoms in total. The quantitative estimate of drug-likeness (QED) is 0.437. The van der Waals surface area contributed by atoms with Crippen molar-refractivity contribution in [2.24, 2.45) is 11.8 Å². The van der Waals surface area contributed by atoms with Gasteiger partial charge in [-0.3, -0.25) is 0 Å². The molecule has 2 unspecified atom stereocenters. The zero-order chi connectivity index (χ0) is 17.1. The van der Waals surface area contributed by atoms with Crippen LogP contribution in [0.4, 0.5) is 0 Å². The topological polar surface area (TPSA) is 24.1 Å². The van der Waals surface area contributed by atoms with Gasteiger partial charge in [0, 0.05) is 24.8 Å². The molecule has 0 spiro atoms. The van der Waals surface area contributed by atoms with Gasteiger partial charge in [-0.05, 0) is 36.7 Å². The Morgan fingerprint density at radius 1 is 1.13 bits per heavy atom. The van der Waals surface area contributed by atoms with Gasteiger partial charge in [0.2, 0.25) is 0 Å². The molecule has 0 heterocycles. The molecule has 0 radical (unpaired) electrons. The highest BCUT2D eigenvalue weighted by Crippen LogP contribution is 2.15. The average Bonchev–Trinajstić information content (AvgIpc) is 2.54. The summed E-state index contributed by atoms with van der Waals surface area (Å²) < 4.78 is 0. The van der Waals surface area contributed by atoms with Crippen LogP contribution in [0.2, 0.25) is 0 Å². The van der Waals surface area contributed by atoms with Crippen LogP contribution in [0.5, 0.6) is 0 Å².